The Bertz CT molecular complexity index is 1590. The third-order valence-electron chi connectivity index (χ3n) is 10.1. The van der Waals surface area contributed by atoms with Crippen LogP contribution >= 0.6 is 0 Å². The van der Waals surface area contributed by atoms with Gasteiger partial charge >= 0.3 is 6.09 Å². The van der Waals surface area contributed by atoms with Crippen LogP contribution < -0.4 is 15.0 Å². The fraction of sp³-hybridized carbons (Fsp3) is 0.500. The smallest absolute Gasteiger partial charge is 0.415 e. The van der Waals surface area contributed by atoms with Gasteiger partial charge in [0.1, 0.15) is 35.5 Å². The van der Waals surface area contributed by atoms with E-state index in [1.54, 1.807) is 4.90 Å². The lowest BCUT2D eigenvalue weighted by Gasteiger charge is -2.37. The average Bonchev–Trinajstić information content (AvgIpc) is 3.92. The first-order valence-corrected chi connectivity index (χ1v) is 17.5. The van der Waals surface area contributed by atoms with Crippen LogP contribution in [0.25, 0.3) is 11.1 Å². The molecule has 3 fully saturated rings. The summed E-state index contributed by atoms with van der Waals surface area (Å²) in [7, 11) is 0. The zero-order chi connectivity index (χ0) is 35.4. The van der Waals surface area contributed by atoms with Crippen LogP contribution in [0.4, 0.5) is 14.9 Å². The molecule has 3 aromatic carbocycles. The molecule has 4 unspecified atom stereocenters. The van der Waals surface area contributed by atoms with Crippen molar-refractivity contribution in [1.29, 1.82) is 0 Å². The van der Waals surface area contributed by atoms with Crippen molar-refractivity contribution in [3.8, 4) is 16.9 Å². The van der Waals surface area contributed by atoms with Crippen LogP contribution in [0.2, 0.25) is 0 Å². The molecule has 6 rings (SSSR count). The van der Waals surface area contributed by atoms with Crippen molar-refractivity contribution in [2.75, 3.05) is 44.3 Å². The van der Waals surface area contributed by atoms with Gasteiger partial charge in [-0.05, 0) is 84.3 Å². The summed E-state index contributed by atoms with van der Waals surface area (Å²) in [5.74, 6) is 1.10. The molecule has 50 heavy (non-hydrogen) atoms. The third-order valence-corrected chi connectivity index (χ3v) is 10.1. The quantitative estimate of drug-likeness (QED) is 0.140. The van der Waals surface area contributed by atoms with E-state index in [-0.39, 0.29) is 18.5 Å². The lowest BCUT2D eigenvalue weighted by molar-refractivity contribution is -0.114. The van der Waals surface area contributed by atoms with E-state index in [0.29, 0.717) is 38.5 Å². The Kier molecular flexibility index (Phi) is 11.4. The summed E-state index contributed by atoms with van der Waals surface area (Å²) in [4.78, 5) is 17.1. The van der Waals surface area contributed by atoms with E-state index in [4.69, 9.17) is 14.6 Å². The summed E-state index contributed by atoms with van der Waals surface area (Å²) in [6.07, 6.45) is -2.85. The van der Waals surface area contributed by atoms with E-state index in [2.05, 4.69) is 22.3 Å². The van der Waals surface area contributed by atoms with Crippen molar-refractivity contribution in [2.45, 2.75) is 81.6 Å². The first kappa shape index (κ1) is 36.2. The largest absolute Gasteiger partial charge is 0.494 e. The number of nitrogens with zero attached hydrogens (tertiary/aromatic N) is 2. The van der Waals surface area contributed by atoms with Crippen LogP contribution in [-0.2, 0) is 17.8 Å². The minimum Gasteiger partial charge on any atom is -0.494 e. The van der Waals surface area contributed by atoms with Crippen LogP contribution in [0.3, 0.4) is 0 Å². The highest BCUT2D eigenvalue weighted by Gasteiger charge is 2.47. The molecule has 3 aromatic rings. The van der Waals surface area contributed by atoms with Gasteiger partial charge in [0.05, 0.1) is 25.9 Å². The molecule has 3 aliphatic rings. The standard InChI is InChI=1S/C38H48FN3O8/c1-2-49-34-18-31(26-7-9-28(39)10-8-26)30(25-5-6-25)17-27(34)21-41-15-13-38(14-16-41)23-42(37(48)50-38)29-11-3-24(4-12-29)19-40-20-32(44)35(46)36(47)33(45)22-43/h3-4,7-12,17-18,25,32-33,35-36,40,43-47H,2,5-6,13-16,19-23H2,1H3. The van der Waals surface area contributed by atoms with Crippen molar-refractivity contribution in [2.24, 2.45) is 0 Å². The molecule has 1 spiro atoms. The number of carbonyl (C=O) groups excluding carboxylic acids is 1. The number of aliphatic hydroxyl groups is 5. The fourth-order valence-corrected chi connectivity index (χ4v) is 6.95. The predicted molar refractivity (Wildman–Crippen MR) is 185 cm³/mol. The Labute approximate surface area is 291 Å². The zero-order valence-corrected chi connectivity index (χ0v) is 28.4. The minimum absolute atomic E-state index is 0.0496. The van der Waals surface area contributed by atoms with Gasteiger partial charge in [0.2, 0.25) is 0 Å². The molecule has 12 heteroatoms. The maximum absolute atomic E-state index is 13.7. The highest BCUT2D eigenvalue weighted by molar-refractivity contribution is 5.90. The van der Waals surface area contributed by atoms with Crippen molar-refractivity contribution < 1.29 is 44.2 Å². The van der Waals surface area contributed by atoms with Crippen molar-refractivity contribution in [3.05, 3.63) is 83.2 Å². The molecule has 1 saturated carbocycles. The van der Waals surface area contributed by atoms with Crippen molar-refractivity contribution >= 4 is 11.8 Å². The number of anilines is 1. The van der Waals surface area contributed by atoms with Crippen LogP contribution in [-0.4, -0.2) is 106 Å². The summed E-state index contributed by atoms with van der Waals surface area (Å²) >= 11 is 0. The number of aliphatic hydroxyl groups excluding tert-OH is 5. The Morgan fingerprint density at radius 2 is 1.66 bits per heavy atom. The number of piperidine rings is 1. The highest BCUT2D eigenvalue weighted by atomic mass is 19.1. The van der Waals surface area contributed by atoms with E-state index in [9.17, 15) is 29.6 Å². The number of halogens is 1. The molecular formula is C38H48FN3O8. The van der Waals surface area contributed by atoms with Gasteiger partial charge in [-0.15, -0.1) is 0 Å². The molecule has 11 nitrogen and oxygen atoms in total. The van der Waals surface area contributed by atoms with Gasteiger partial charge in [-0.25, -0.2) is 9.18 Å². The number of amides is 1. The number of likely N-dealkylation sites (tertiary alicyclic amines) is 1. The number of hydrogen-bond acceptors (Lipinski definition) is 10. The second-order valence-corrected chi connectivity index (χ2v) is 13.8. The average molecular weight is 694 g/mol. The van der Waals surface area contributed by atoms with E-state index < -0.39 is 36.6 Å². The van der Waals surface area contributed by atoms with E-state index in [1.807, 2.05) is 43.3 Å². The Balaban J connectivity index is 1.04. The van der Waals surface area contributed by atoms with Gasteiger partial charge in [0, 0.05) is 56.8 Å². The lowest BCUT2D eigenvalue weighted by atomic mass is 9.90. The molecule has 2 saturated heterocycles. The first-order valence-electron chi connectivity index (χ1n) is 17.5. The van der Waals surface area contributed by atoms with Crippen LogP contribution in [0.1, 0.15) is 55.2 Å². The minimum atomic E-state index is -1.67. The monoisotopic (exact) mass is 693 g/mol. The van der Waals surface area contributed by atoms with Gasteiger partial charge in [-0.1, -0.05) is 24.3 Å². The summed E-state index contributed by atoms with van der Waals surface area (Å²) in [5.41, 5.74) is 5.56. The molecule has 2 aliphatic heterocycles. The highest BCUT2D eigenvalue weighted by Crippen LogP contribution is 2.47. The molecule has 1 aliphatic carbocycles. The summed E-state index contributed by atoms with van der Waals surface area (Å²) in [5, 5.41) is 51.3. The van der Waals surface area contributed by atoms with Gasteiger partial charge in [0.25, 0.3) is 0 Å². The fourth-order valence-electron chi connectivity index (χ4n) is 6.95. The second-order valence-electron chi connectivity index (χ2n) is 13.8. The molecule has 6 N–H and O–H groups in total. The van der Waals surface area contributed by atoms with Gasteiger partial charge in [-0.3, -0.25) is 9.80 Å². The summed E-state index contributed by atoms with van der Waals surface area (Å²) in [6.45, 7) is 4.82. The number of benzene rings is 3. The Morgan fingerprint density at radius 1 is 0.980 bits per heavy atom. The van der Waals surface area contributed by atoms with Gasteiger partial charge in [-0.2, -0.15) is 0 Å². The predicted octanol–water partition coefficient (Wildman–Crippen LogP) is 3.29. The number of rotatable bonds is 15. The molecular weight excluding hydrogens is 645 g/mol. The molecule has 0 bridgehead atoms. The van der Waals surface area contributed by atoms with Crippen molar-refractivity contribution in [1.82, 2.24) is 10.2 Å². The lowest BCUT2D eigenvalue weighted by Crippen LogP contribution is -2.48. The summed E-state index contributed by atoms with van der Waals surface area (Å²) < 4.78 is 25.8. The number of carbonyl (C=O) groups is 1. The van der Waals surface area contributed by atoms with Crippen LogP contribution in [0.5, 0.6) is 5.75 Å². The molecule has 2 heterocycles. The van der Waals surface area contributed by atoms with E-state index in [1.165, 1.54) is 17.7 Å². The Morgan fingerprint density at radius 3 is 2.30 bits per heavy atom. The first-order chi connectivity index (χ1) is 24.1. The molecule has 1 amide bonds. The van der Waals surface area contributed by atoms with Gasteiger partial charge < -0.3 is 40.3 Å². The molecule has 0 aromatic heterocycles. The third kappa shape index (κ3) is 8.29. The molecule has 0 radical (unpaired) electrons. The van der Waals surface area contributed by atoms with Gasteiger partial charge in [0.15, 0.2) is 0 Å². The normalized spacial score (nSPS) is 20.1. The second kappa shape index (κ2) is 15.7. The van der Waals surface area contributed by atoms with Crippen LogP contribution in [0, 0.1) is 5.82 Å². The number of hydrogen-bond donors (Lipinski definition) is 6. The molecule has 4 atom stereocenters. The SMILES string of the molecule is CCOc1cc(-c2ccc(F)cc2)c(C2CC2)cc1CN1CCC2(CC1)CN(c1ccc(CNCC(O)C(O)C(O)C(O)CO)cc1)C(=O)O2. The topological polar surface area (TPSA) is 155 Å². The molecule has 270 valence electrons. The number of ether oxygens (including phenoxy) is 2. The van der Waals surface area contributed by atoms with E-state index >= 15 is 0 Å². The maximum Gasteiger partial charge on any atom is 0.415 e. The van der Waals surface area contributed by atoms with E-state index in [0.717, 1.165) is 66.2 Å². The van der Waals surface area contributed by atoms with Crippen molar-refractivity contribution in [3.63, 3.8) is 0 Å². The summed E-state index contributed by atoms with van der Waals surface area (Å²) in [6, 6.07) is 18.5. The maximum atomic E-state index is 13.7. The number of nitrogens with one attached hydrogen (secondary N) is 1. The zero-order valence-electron chi connectivity index (χ0n) is 28.4. The Hall–Kier alpha value is -3.62. The van der Waals surface area contributed by atoms with Crippen LogP contribution in [0.15, 0.2) is 60.7 Å².